The summed E-state index contributed by atoms with van der Waals surface area (Å²) in [5, 5.41) is 3.01. The molecular formula is C22H28N2O3S2. The Bertz CT molecular complexity index is 891. The molecule has 1 amide bonds. The minimum absolute atomic E-state index is 0.0436. The van der Waals surface area contributed by atoms with Crippen molar-refractivity contribution in [1.29, 1.82) is 0 Å². The second-order valence-corrected chi connectivity index (χ2v) is 10.4. The average molecular weight is 433 g/mol. The number of hydrogen-bond donors (Lipinski definition) is 1. The standard InChI is InChI=1S/C22H28N2O3S2/c1-18-8-10-21(11-9-18)29(26,27)24-15-12-19(13-16-24)22(25)23-14-5-17-28-20-6-3-2-4-7-20/h2-4,6-11,19H,5,12-17H2,1H3,(H,23,25). The number of piperidine rings is 1. The average Bonchev–Trinajstić information content (AvgIpc) is 2.74. The molecular weight excluding hydrogens is 404 g/mol. The Labute approximate surface area is 177 Å². The number of thioether (sulfide) groups is 1. The molecule has 0 aromatic heterocycles. The molecule has 156 valence electrons. The molecule has 1 aliphatic rings. The third-order valence-electron chi connectivity index (χ3n) is 5.12. The van der Waals surface area contributed by atoms with Crippen LogP contribution in [0.3, 0.4) is 0 Å². The number of benzene rings is 2. The summed E-state index contributed by atoms with van der Waals surface area (Å²) in [5.74, 6) is 0.890. The zero-order chi connectivity index (χ0) is 20.7. The molecule has 1 heterocycles. The van der Waals surface area contributed by atoms with Crippen LogP contribution in [0.15, 0.2) is 64.4 Å². The Hall–Kier alpha value is -1.83. The Morgan fingerprint density at radius 1 is 1.07 bits per heavy atom. The van der Waals surface area contributed by atoms with E-state index in [-0.39, 0.29) is 11.8 Å². The van der Waals surface area contributed by atoms with E-state index in [1.165, 1.54) is 9.20 Å². The fraction of sp³-hybridized carbons (Fsp3) is 0.409. The van der Waals surface area contributed by atoms with Crippen molar-refractivity contribution in [2.75, 3.05) is 25.4 Å². The van der Waals surface area contributed by atoms with Crippen molar-refractivity contribution in [3.63, 3.8) is 0 Å². The second kappa shape index (κ2) is 10.3. The highest BCUT2D eigenvalue weighted by Gasteiger charge is 2.31. The van der Waals surface area contributed by atoms with E-state index in [4.69, 9.17) is 0 Å². The molecule has 1 N–H and O–H groups in total. The molecule has 7 heteroatoms. The van der Waals surface area contributed by atoms with Crippen LogP contribution in [0, 0.1) is 12.8 Å². The predicted molar refractivity (Wildman–Crippen MR) is 117 cm³/mol. The van der Waals surface area contributed by atoms with Gasteiger partial charge in [-0.1, -0.05) is 35.9 Å². The van der Waals surface area contributed by atoms with Gasteiger partial charge in [-0.15, -0.1) is 11.8 Å². The quantitative estimate of drug-likeness (QED) is 0.510. The van der Waals surface area contributed by atoms with Crippen molar-refractivity contribution in [2.45, 2.75) is 36.0 Å². The van der Waals surface area contributed by atoms with Gasteiger partial charge in [-0.2, -0.15) is 4.31 Å². The van der Waals surface area contributed by atoms with Crippen LogP contribution in [0.1, 0.15) is 24.8 Å². The van der Waals surface area contributed by atoms with Crippen LogP contribution >= 0.6 is 11.8 Å². The predicted octanol–water partition coefficient (Wildman–Crippen LogP) is 3.69. The highest BCUT2D eigenvalue weighted by molar-refractivity contribution is 7.99. The molecule has 0 atom stereocenters. The van der Waals surface area contributed by atoms with Gasteiger partial charge in [-0.3, -0.25) is 4.79 Å². The molecule has 0 unspecified atom stereocenters. The zero-order valence-electron chi connectivity index (χ0n) is 16.7. The van der Waals surface area contributed by atoms with Gasteiger partial charge in [0.25, 0.3) is 0 Å². The van der Waals surface area contributed by atoms with Crippen LogP contribution in [-0.2, 0) is 14.8 Å². The molecule has 5 nitrogen and oxygen atoms in total. The summed E-state index contributed by atoms with van der Waals surface area (Å²) in [4.78, 5) is 14.0. The van der Waals surface area contributed by atoms with Crippen LogP contribution in [0.2, 0.25) is 0 Å². The molecule has 1 aliphatic heterocycles. The van der Waals surface area contributed by atoms with Crippen LogP contribution in [0.25, 0.3) is 0 Å². The summed E-state index contributed by atoms with van der Waals surface area (Å²) >= 11 is 1.78. The summed E-state index contributed by atoms with van der Waals surface area (Å²) < 4.78 is 27.0. The summed E-state index contributed by atoms with van der Waals surface area (Å²) in [6.07, 6.45) is 2.04. The molecule has 0 radical (unpaired) electrons. The van der Waals surface area contributed by atoms with Crippen LogP contribution in [0.4, 0.5) is 0 Å². The minimum atomic E-state index is -3.48. The van der Waals surface area contributed by atoms with E-state index in [0.717, 1.165) is 17.7 Å². The number of nitrogens with one attached hydrogen (secondary N) is 1. The number of sulfonamides is 1. The molecule has 0 saturated carbocycles. The molecule has 0 aliphatic carbocycles. The van der Waals surface area contributed by atoms with Crippen LogP contribution < -0.4 is 5.32 Å². The topological polar surface area (TPSA) is 66.5 Å². The number of nitrogens with zero attached hydrogens (tertiary/aromatic N) is 1. The van der Waals surface area contributed by atoms with Crippen LogP contribution in [0.5, 0.6) is 0 Å². The first-order valence-corrected chi connectivity index (χ1v) is 12.4. The number of carbonyl (C=O) groups is 1. The van der Waals surface area contributed by atoms with E-state index in [2.05, 4.69) is 17.4 Å². The zero-order valence-corrected chi connectivity index (χ0v) is 18.3. The SMILES string of the molecule is Cc1ccc(S(=O)(=O)N2CCC(C(=O)NCCCSc3ccccc3)CC2)cc1. The summed E-state index contributed by atoms with van der Waals surface area (Å²) in [6, 6.07) is 17.1. The van der Waals surface area contributed by atoms with Gasteiger partial charge < -0.3 is 5.32 Å². The smallest absolute Gasteiger partial charge is 0.243 e. The van der Waals surface area contributed by atoms with Gasteiger partial charge in [-0.05, 0) is 56.2 Å². The largest absolute Gasteiger partial charge is 0.356 e. The number of carbonyl (C=O) groups excluding carboxylic acids is 1. The first-order valence-electron chi connectivity index (χ1n) is 9.99. The highest BCUT2D eigenvalue weighted by atomic mass is 32.2. The number of amides is 1. The monoisotopic (exact) mass is 432 g/mol. The van der Waals surface area contributed by atoms with Crippen molar-refractivity contribution in [3.8, 4) is 0 Å². The summed E-state index contributed by atoms with van der Waals surface area (Å²) in [7, 11) is -3.48. The Morgan fingerprint density at radius 3 is 2.38 bits per heavy atom. The van der Waals surface area contributed by atoms with Gasteiger partial charge in [0.1, 0.15) is 0 Å². The van der Waals surface area contributed by atoms with Gasteiger partial charge in [-0.25, -0.2) is 8.42 Å². The van der Waals surface area contributed by atoms with E-state index < -0.39 is 10.0 Å². The number of aryl methyl sites for hydroxylation is 1. The van der Waals surface area contributed by atoms with Crippen molar-refractivity contribution < 1.29 is 13.2 Å². The van der Waals surface area contributed by atoms with E-state index in [0.29, 0.717) is 37.4 Å². The lowest BCUT2D eigenvalue weighted by molar-refractivity contribution is -0.126. The lowest BCUT2D eigenvalue weighted by Crippen LogP contribution is -2.43. The lowest BCUT2D eigenvalue weighted by atomic mass is 9.97. The lowest BCUT2D eigenvalue weighted by Gasteiger charge is -2.30. The molecule has 3 rings (SSSR count). The molecule has 1 fully saturated rings. The van der Waals surface area contributed by atoms with E-state index in [1.807, 2.05) is 37.3 Å². The maximum atomic E-state index is 12.8. The Balaban J connectivity index is 1.39. The van der Waals surface area contributed by atoms with Gasteiger partial charge >= 0.3 is 0 Å². The molecule has 1 saturated heterocycles. The van der Waals surface area contributed by atoms with E-state index >= 15 is 0 Å². The minimum Gasteiger partial charge on any atom is -0.356 e. The first kappa shape index (κ1) is 21.9. The number of rotatable bonds is 8. The van der Waals surface area contributed by atoms with E-state index in [9.17, 15) is 13.2 Å². The van der Waals surface area contributed by atoms with Gasteiger partial charge in [0.05, 0.1) is 4.90 Å². The van der Waals surface area contributed by atoms with E-state index in [1.54, 1.807) is 23.9 Å². The van der Waals surface area contributed by atoms with Gasteiger partial charge in [0.2, 0.25) is 15.9 Å². The third kappa shape index (κ3) is 6.07. The molecule has 2 aromatic carbocycles. The summed E-state index contributed by atoms with van der Waals surface area (Å²) in [5.41, 5.74) is 1.03. The Kier molecular flexibility index (Phi) is 7.75. The van der Waals surface area contributed by atoms with Gasteiger partial charge in [0, 0.05) is 30.4 Å². The normalized spacial score (nSPS) is 15.9. The fourth-order valence-electron chi connectivity index (χ4n) is 3.35. The van der Waals surface area contributed by atoms with Crippen molar-refractivity contribution in [2.24, 2.45) is 5.92 Å². The maximum absolute atomic E-state index is 12.8. The van der Waals surface area contributed by atoms with Crippen molar-refractivity contribution in [3.05, 3.63) is 60.2 Å². The molecule has 2 aromatic rings. The number of hydrogen-bond acceptors (Lipinski definition) is 4. The molecule has 29 heavy (non-hydrogen) atoms. The molecule has 0 bridgehead atoms. The summed E-state index contributed by atoms with van der Waals surface area (Å²) in [6.45, 7) is 3.36. The van der Waals surface area contributed by atoms with Crippen LogP contribution in [-0.4, -0.2) is 44.0 Å². The molecule has 0 spiro atoms. The van der Waals surface area contributed by atoms with Crippen molar-refractivity contribution >= 4 is 27.7 Å². The second-order valence-electron chi connectivity index (χ2n) is 7.30. The third-order valence-corrected chi connectivity index (χ3v) is 8.13. The fourth-order valence-corrected chi connectivity index (χ4v) is 5.70. The van der Waals surface area contributed by atoms with Gasteiger partial charge in [0.15, 0.2) is 0 Å². The highest BCUT2D eigenvalue weighted by Crippen LogP contribution is 2.24. The maximum Gasteiger partial charge on any atom is 0.243 e. The first-order chi connectivity index (χ1) is 14.0. The Morgan fingerprint density at radius 2 is 1.72 bits per heavy atom. The van der Waals surface area contributed by atoms with Crippen molar-refractivity contribution in [1.82, 2.24) is 9.62 Å².